The van der Waals surface area contributed by atoms with E-state index in [0.29, 0.717) is 19.3 Å². The Morgan fingerprint density at radius 1 is 1.23 bits per heavy atom. The highest BCUT2D eigenvalue weighted by Gasteiger charge is 2.64. The predicted octanol–water partition coefficient (Wildman–Crippen LogP) is 1.77. The molecule has 140 valence electrons. The Hall–Kier alpha value is -1.70. The highest BCUT2D eigenvalue weighted by atomic mass is 32.2. The molecule has 0 spiro atoms. The van der Waals surface area contributed by atoms with Crippen LogP contribution >= 0.6 is 0 Å². The minimum absolute atomic E-state index is 0.195. The van der Waals surface area contributed by atoms with E-state index in [9.17, 15) is 18.3 Å². The number of carbonyl (C=O) groups is 1. The first kappa shape index (κ1) is 17.7. The van der Waals surface area contributed by atoms with Gasteiger partial charge in [-0.3, -0.25) is 0 Å². The maximum Gasteiger partial charge on any atom is 0.337 e. The number of sulfonamides is 1. The van der Waals surface area contributed by atoms with Crippen molar-refractivity contribution >= 4 is 16.0 Å². The molecule has 1 N–H and O–H groups in total. The number of esters is 1. The molecular formula is C19H23NO5S. The fourth-order valence-electron chi connectivity index (χ4n) is 4.62. The van der Waals surface area contributed by atoms with Gasteiger partial charge in [0, 0.05) is 7.05 Å². The summed E-state index contributed by atoms with van der Waals surface area (Å²) in [7, 11) is -2.21. The number of carbonyl (C=O) groups excluding carboxylic acids is 1. The molecule has 2 aliphatic carbocycles. The van der Waals surface area contributed by atoms with Crippen molar-refractivity contribution in [1.82, 2.24) is 4.31 Å². The summed E-state index contributed by atoms with van der Waals surface area (Å²) in [5.41, 5.74) is -0.989. The van der Waals surface area contributed by atoms with Crippen molar-refractivity contribution in [3.05, 3.63) is 41.5 Å². The maximum atomic E-state index is 13.1. The van der Waals surface area contributed by atoms with Crippen molar-refractivity contribution in [2.75, 3.05) is 7.05 Å². The van der Waals surface area contributed by atoms with Crippen molar-refractivity contribution in [3.8, 4) is 0 Å². The standard InChI is InChI=1S/C19H23NO5S/c1-12-4-7-14(8-5-12)26(23,24)20(3)18(2)10-13-6-9-16-19(13,22)15(11-18)17(21)25-16/h4-5,7-8,11,13,16,22H,6,9-10H2,1-3H3/t13-,16-,18-,19+/m1/s1. The molecule has 1 saturated heterocycles. The van der Waals surface area contributed by atoms with Crippen LogP contribution in [0.25, 0.3) is 0 Å². The second kappa shape index (κ2) is 5.41. The van der Waals surface area contributed by atoms with Gasteiger partial charge in [-0.2, -0.15) is 4.31 Å². The van der Waals surface area contributed by atoms with Crippen LogP contribution in [0.4, 0.5) is 0 Å². The van der Waals surface area contributed by atoms with Crippen LogP contribution < -0.4 is 0 Å². The lowest BCUT2D eigenvalue weighted by atomic mass is 9.70. The molecule has 1 aromatic carbocycles. The normalized spacial score (nSPS) is 36.0. The van der Waals surface area contributed by atoms with Crippen LogP contribution in [-0.2, 0) is 19.6 Å². The summed E-state index contributed by atoms with van der Waals surface area (Å²) in [6.07, 6.45) is 2.86. The third-order valence-corrected chi connectivity index (χ3v) is 8.31. The summed E-state index contributed by atoms with van der Waals surface area (Å²) >= 11 is 0. The number of rotatable bonds is 3. The van der Waals surface area contributed by atoms with Crippen molar-refractivity contribution in [3.63, 3.8) is 0 Å². The quantitative estimate of drug-likeness (QED) is 0.812. The molecular weight excluding hydrogens is 354 g/mol. The summed E-state index contributed by atoms with van der Waals surface area (Å²) in [6, 6.07) is 6.70. The Labute approximate surface area is 153 Å². The Morgan fingerprint density at radius 3 is 2.54 bits per heavy atom. The second-order valence-electron chi connectivity index (χ2n) is 7.90. The number of nitrogens with zero attached hydrogens (tertiary/aromatic N) is 1. The topological polar surface area (TPSA) is 83.9 Å². The highest BCUT2D eigenvalue weighted by molar-refractivity contribution is 7.89. The summed E-state index contributed by atoms with van der Waals surface area (Å²) in [5, 5.41) is 11.1. The van der Waals surface area contributed by atoms with Crippen molar-refractivity contribution in [1.29, 1.82) is 0 Å². The SMILES string of the molecule is Cc1ccc(S(=O)(=O)N(C)[C@@]2(C)C=C3C(=O)O[C@@H]4CC[C@H](C2)[C@]34O)cc1. The van der Waals surface area contributed by atoms with Gasteiger partial charge in [0.15, 0.2) is 0 Å². The molecule has 1 aromatic rings. The molecule has 1 aliphatic heterocycles. The Morgan fingerprint density at radius 2 is 1.88 bits per heavy atom. The minimum atomic E-state index is -3.74. The minimum Gasteiger partial charge on any atom is -0.455 e. The first-order valence-corrected chi connectivity index (χ1v) is 10.3. The van der Waals surface area contributed by atoms with E-state index in [1.807, 2.05) is 6.92 Å². The van der Waals surface area contributed by atoms with Gasteiger partial charge in [0.1, 0.15) is 11.7 Å². The zero-order chi connectivity index (χ0) is 18.9. The van der Waals surface area contributed by atoms with Crippen molar-refractivity contribution in [2.24, 2.45) is 5.92 Å². The summed E-state index contributed by atoms with van der Waals surface area (Å²) < 4.78 is 32.9. The molecule has 1 saturated carbocycles. The molecule has 3 aliphatic rings. The van der Waals surface area contributed by atoms with E-state index in [2.05, 4.69) is 0 Å². The first-order valence-electron chi connectivity index (χ1n) is 8.81. The van der Waals surface area contributed by atoms with Crippen LogP contribution in [-0.4, -0.2) is 48.1 Å². The van der Waals surface area contributed by atoms with E-state index in [-0.39, 0.29) is 16.4 Å². The fourth-order valence-corrected chi connectivity index (χ4v) is 6.09. The lowest BCUT2D eigenvalue weighted by molar-refractivity contribution is -0.140. The third-order valence-electron chi connectivity index (χ3n) is 6.30. The molecule has 0 aromatic heterocycles. The second-order valence-corrected chi connectivity index (χ2v) is 9.87. The number of aryl methyl sites for hydroxylation is 1. The lowest BCUT2D eigenvalue weighted by Crippen LogP contribution is -2.55. The van der Waals surface area contributed by atoms with E-state index in [4.69, 9.17) is 4.74 Å². The van der Waals surface area contributed by atoms with E-state index in [1.54, 1.807) is 37.3 Å². The first-order chi connectivity index (χ1) is 12.1. The average Bonchev–Trinajstić information content (AvgIpc) is 3.03. The largest absolute Gasteiger partial charge is 0.455 e. The molecule has 26 heavy (non-hydrogen) atoms. The Kier molecular flexibility index (Phi) is 3.68. The van der Waals surface area contributed by atoms with Gasteiger partial charge in [-0.05, 0) is 57.2 Å². The molecule has 6 nitrogen and oxygen atoms in total. The van der Waals surface area contributed by atoms with Gasteiger partial charge >= 0.3 is 5.97 Å². The molecule has 1 heterocycles. The van der Waals surface area contributed by atoms with Gasteiger partial charge in [0.25, 0.3) is 0 Å². The number of benzene rings is 1. The molecule has 0 radical (unpaired) electrons. The zero-order valence-corrected chi connectivity index (χ0v) is 15.9. The average molecular weight is 377 g/mol. The Bertz CT molecular complexity index is 906. The van der Waals surface area contributed by atoms with Crippen molar-refractivity contribution in [2.45, 2.75) is 55.2 Å². The van der Waals surface area contributed by atoms with E-state index in [0.717, 1.165) is 5.56 Å². The number of aliphatic hydroxyl groups is 1. The van der Waals surface area contributed by atoms with Crippen LogP contribution in [0.5, 0.6) is 0 Å². The van der Waals surface area contributed by atoms with Crippen molar-refractivity contribution < 1.29 is 23.1 Å². The highest BCUT2D eigenvalue weighted by Crippen LogP contribution is 2.55. The third kappa shape index (κ3) is 2.23. The molecule has 0 amide bonds. The van der Waals surface area contributed by atoms with Crippen LogP contribution in [0, 0.1) is 12.8 Å². The van der Waals surface area contributed by atoms with E-state index in [1.165, 1.54) is 11.4 Å². The fraction of sp³-hybridized carbons (Fsp3) is 0.526. The lowest BCUT2D eigenvalue weighted by Gasteiger charge is -2.44. The van der Waals surface area contributed by atoms with Crippen LogP contribution in [0.15, 0.2) is 40.8 Å². The summed E-state index contributed by atoms with van der Waals surface area (Å²) in [5.74, 6) is -0.728. The van der Waals surface area contributed by atoms with Crippen LogP contribution in [0.1, 0.15) is 31.7 Å². The number of hydrogen-bond acceptors (Lipinski definition) is 5. The van der Waals surface area contributed by atoms with Gasteiger partial charge < -0.3 is 9.84 Å². The van der Waals surface area contributed by atoms with E-state index >= 15 is 0 Å². The van der Waals surface area contributed by atoms with Crippen LogP contribution in [0.3, 0.4) is 0 Å². The predicted molar refractivity (Wildman–Crippen MR) is 94.8 cm³/mol. The summed E-state index contributed by atoms with van der Waals surface area (Å²) in [4.78, 5) is 12.5. The number of likely N-dealkylation sites (N-methyl/N-ethyl adjacent to an activating group) is 1. The molecule has 4 rings (SSSR count). The van der Waals surface area contributed by atoms with E-state index < -0.39 is 33.2 Å². The van der Waals surface area contributed by atoms with Gasteiger partial charge in [-0.15, -0.1) is 0 Å². The molecule has 2 fully saturated rings. The number of ether oxygens (including phenoxy) is 1. The monoisotopic (exact) mass is 377 g/mol. The maximum absolute atomic E-state index is 13.1. The Balaban J connectivity index is 1.76. The van der Waals surface area contributed by atoms with Gasteiger partial charge in [0.05, 0.1) is 16.0 Å². The van der Waals surface area contributed by atoms with Gasteiger partial charge in [-0.25, -0.2) is 13.2 Å². The zero-order valence-electron chi connectivity index (χ0n) is 15.1. The molecule has 0 bridgehead atoms. The molecule has 4 atom stereocenters. The van der Waals surface area contributed by atoms with Gasteiger partial charge in [0.2, 0.25) is 10.0 Å². The van der Waals surface area contributed by atoms with Gasteiger partial charge in [-0.1, -0.05) is 17.7 Å². The summed E-state index contributed by atoms with van der Waals surface area (Å²) in [6.45, 7) is 3.69. The smallest absolute Gasteiger partial charge is 0.337 e. The number of hydrogen-bond donors (Lipinski definition) is 1. The molecule has 0 unspecified atom stereocenters. The molecule has 7 heteroatoms. The van der Waals surface area contributed by atoms with Crippen LogP contribution in [0.2, 0.25) is 0 Å².